The van der Waals surface area contributed by atoms with Crippen molar-refractivity contribution in [3.05, 3.63) is 65.8 Å². The Morgan fingerprint density at radius 3 is 2.47 bits per heavy atom. The zero-order valence-corrected chi connectivity index (χ0v) is 19.1. The molecule has 0 radical (unpaired) electrons. The van der Waals surface area contributed by atoms with Gasteiger partial charge in [0.1, 0.15) is 5.82 Å². The van der Waals surface area contributed by atoms with Crippen LogP contribution >= 0.6 is 11.8 Å². The van der Waals surface area contributed by atoms with Crippen LogP contribution in [0.5, 0.6) is 0 Å². The predicted molar refractivity (Wildman–Crippen MR) is 123 cm³/mol. The minimum Gasteiger partial charge on any atom is -0.340 e. The molecule has 4 rings (SSSR count). The molecule has 168 valence electrons. The second-order valence-corrected chi connectivity index (χ2v) is 9.14. The number of thioether (sulfide) groups is 1. The van der Waals surface area contributed by atoms with Gasteiger partial charge in [0.15, 0.2) is 0 Å². The predicted octanol–water partition coefficient (Wildman–Crippen LogP) is 4.57. The van der Waals surface area contributed by atoms with E-state index in [1.54, 1.807) is 23.9 Å². The summed E-state index contributed by atoms with van der Waals surface area (Å²) in [5.74, 6) is 1.79. The third-order valence-corrected chi connectivity index (χ3v) is 6.74. The molecule has 1 aliphatic heterocycles. The van der Waals surface area contributed by atoms with E-state index >= 15 is 0 Å². The van der Waals surface area contributed by atoms with E-state index in [1.165, 1.54) is 17.7 Å². The molecule has 1 aliphatic rings. The zero-order chi connectivity index (χ0) is 22.5. The van der Waals surface area contributed by atoms with Crippen molar-refractivity contribution in [1.82, 2.24) is 19.9 Å². The molecule has 6 nitrogen and oxygen atoms in total. The summed E-state index contributed by atoms with van der Waals surface area (Å²) < 4.78 is 18.5. The maximum absolute atomic E-state index is 13.0. The van der Waals surface area contributed by atoms with Crippen molar-refractivity contribution in [3.63, 3.8) is 0 Å². The topological polar surface area (TPSA) is 62.5 Å². The molecule has 1 atom stereocenters. The Bertz CT molecular complexity index is 1030. The molecule has 0 spiro atoms. The highest BCUT2D eigenvalue weighted by molar-refractivity contribution is 7.99. The highest BCUT2D eigenvalue weighted by Crippen LogP contribution is 2.24. The average Bonchev–Trinajstić information content (AvgIpc) is 3.31. The third kappa shape index (κ3) is 5.55. The van der Waals surface area contributed by atoms with Gasteiger partial charge in [-0.05, 0) is 38.1 Å². The maximum atomic E-state index is 13.0. The number of aromatic nitrogens is 2. The van der Waals surface area contributed by atoms with Crippen LogP contribution in [0.1, 0.15) is 30.8 Å². The second-order valence-electron chi connectivity index (χ2n) is 7.97. The van der Waals surface area contributed by atoms with Gasteiger partial charge in [0.05, 0.1) is 6.04 Å². The summed E-state index contributed by atoms with van der Waals surface area (Å²) in [4.78, 5) is 22.3. The van der Waals surface area contributed by atoms with Crippen molar-refractivity contribution >= 4 is 17.7 Å². The van der Waals surface area contributed by atoms with E-state index < -0.39 is 0 Å². The first-order valence-electron chi connectivity index (χ1n) is 10.8. The number of amides is 1. The highest BCUT2D eigenvalue weighted by atomic mass is 32.2. The number of halogens is 1. The number of nitrogens with zero attached hydrogens (tertiary/aromatic N) is 4. The normalized spacial score (nSPS) is 15.7. The fourth-order valence-corrected chi connectivity index (χ4v) is 4.53. The SMILES string of the molecule is Cc1ccc(-c2noc(C(C)N3CCN(C(=O)CCSc4ccc(F)cc4)CC3)n2)cc1. The largest absolute Gasteiger partial charge is 0.340 e. The highest BCUT2D eigenvalue weighted by Gasteiger charge is 2.27. The summed E-state index contributed by atoms with van der Waals surface area (Å²) in [5, 5.41) is 4.14. The zero-order valence-electron chi connectivity index (χ0n) is 18.3. The number of hydrogen-bond acceptors (Lipinski definition) is 6. The molecule has 1 amide bonds. The molecule has 0 N–H and O–H groups in total. The maximum Gasteiger partial charge on any atom is 0.244 e. The van der Waals surface area contributed by atoms with Gasteiger partial charge in [-0.25, -0.2) is 4.39 Å². The van der Waals surface area contributed by atoms with Gasteiger partial charge in [-0.15, -0.1) is 11.8 Å². The fourth-order valence-electron chi connectivity index (χ4n) is 3.68. The molecule has 2 heterocycles. The van der Waals surface area contributed by atoms with Crippen LogP contribution in [0.2, 0.25) is 0 Å². The summed E-state index contributed by atoms with van der Waals surface area (Å²) in [5.41, 5.74) is 2.12. The van der Waals surface area contributed by atoms with E-state index in [9.17, 15) is 9.18 Å². The molecule has 8 heteroatoms. The molecule has 32 heavy (non-hydrogen) atoms. The molecule has 1 aromatic heterocycles. The van der Waals surface area contributed by atoms with Gasteiger partial charge >= 0.3 is 0 Å². The minimum atomic E-state index is -0.246. The Morgan fingerprint density at radius 1 is 1.09 bits per heavy atom. The van der Waals surface area contributed by atoms with Gasteiger partial charge in [0.2, 0.25) is 17.6 Å². The van der Waals surface area contributed by atoms with Crippen molar-refractivity contribution in [2.75, 3.05) is 31.9 Å². The Hall–Kier alpha value is -2.71. The van der Waals surface area contributed by atoms with E-state index in [4.69, 9.17) is 4.52 Å². The first kappa shape index (κ1) is 22.5. The van der Waals surface area contributed by atoms with Gasteiger partial charge in [0, 0.05) is 48.8 Å². The summed E-state index contributed by atoms with van der Waals surface area (Å²) in [7, 11) is 0. The van der Waals surface area contributed by atoms with Gasteiger partial charge in [-0.1, -0.05) is 35.0 Å². The van der Waals surface area contributed by atoms with Gasteiger partial charge in [-0.2, -0.15) is 4.98 Å². The number of carbonyl (C=O) groups is 1. The van der Waals surface area contributed by atoms with Crippen LogP contribution in [0, 0.1) is 12.7 Å². The van der Waals surface area contributed by atoms with Crippen molar-refractivity contribution in [2.24, 2.45) is 0 Å². The van der Waals surface area contributed by atoms with E-state index in [-0.39, 0.29) is 17.8 Å². The number of piperazine rings is 1. The van der Waals surface area contributed by atoms with Crippen LogP contribution in [-0.2, 0) is 4.79 Å². The Labute approximate surface area is 191 Å². The third-order valence-electron chi connectivity index (χ3n) is 5.72. The first-order valence-corrected chi connectivity index (χ1v) is 11.8. The average molecular weight is 455 g/mol. The van der Waals surface area contributed by atoms with Crippen molar-refractivity contribution in [2.45, 2.75) is 31.2 Å². The van der Waals surface area contributed by atoms with Crippen LogP contribution in [0.25, 0.3) is 11.4 Å². The second kappa shape index (κ2) is 10.3. The quantitative estimate of drug-likeness (QED) is 0.487. The molecule has 0 aliphatic carbocycles. The number of benzene rings is 2. The summed E-state index contributed by atoms with van der Waals surface area (Å²) >= 11 is 1.57. The molecule has 3 aromatic rings. The van der Waals surface area contributed by atoms with Crippen LogP contribution in [0.3, 0.4) is 0 Å². The molecule has 2 aromatic carbocycles. The van der Waals surface area contributed by atoms with E-state index in [1.807, 2.05) is 36.1 Å². The van der Waals surface area contributed by atoms with E-state index in [2.05, 4.69) is 22.0 Å². The lowest BCUT2D eigenvalue weighted by Gasteiger charge is -2.36. The molecule has 0 saturated carbocycles. The number of rotatable bonds is 7. The first-order chi connectivity index (χ1) is 15.5. The summed E-state index contributed by atoms with van der Waals surface area (Å²) in [6.07, 6.45) is 0.473. The van der Waals surface area contributed by atoms with Crippen molar-refractivity contribution in [1.29, 1.82) is 0 Å². The summed E-state index contributed by atoms with van der Waals surface area (Å²) in [6.45, 7) is 7.00. The minimum absolute atomic E-state index is 0.00650. The molecular formula is C24H27FN4O2S. The van der Waals surface area contributed by atoms with Crippen LogP contribution in [0.4, 0.5) is 4.39 Å². The molecule has 0 bridgehead atoms. The molecule has 1 unspecified atom stereocenters. The number of aryl methyl sites for hydroxylation is 1. The van der Waals surface area contributed by atoms with Crippen molar-refractivity contribution in [3.8, 4) is 11.4 Å². The molecule has 1 fully saturated rings. The number of hydrogen-bond donors (Lipinski definition) is 0. The van der Waals surface area contributed by atoms with E-state index in [0.29, 0.717) is 37.0 Å². The van der Waals surface area contributed by atoms with Crippen LogP contribution < -0.4 is 0 Å². The Balaban J connectivity index is 1.24. The molecular weight excluding hydrogens is 427 g/mol. The van der Waals surface area contributed by atoms with Gasteiger partial charge in [0.25, 0.3) is 0 Å². The van der Waals surface area contributed by atoms with Gasteiger partial charge < -0.3 is 9.42 Å². The monoisotopic (exact) mass is 454 g/mol. The van der Waals surface area contributed by atoms with Crippen molar-refractivity contribution < 1.29 is 13.7 Å². The fraction of sp³-hybridized carbons (Fsp3) is 0.375. The molecule has 1 saturated heterocycles. The number of carbonyl (C=O) groups excluding carboxylic acids is 1. The van der Waals surface area contributed by atoms with E-state index in [0.717, 1.165) is 23.5 Å². The Morgan fingerprint density at radius 2 is 1.78 bits per heavy atom. The van der Waals surface area contributed by atoms with Crippen LogP contribution in [0.15, 0.2) is 57.9 Å². The van der Waals surface area contributed by atoms with Gasteiger partial charge in [-0.3, -0.25) is 9.69 Å². The standard InChI is InChI=1S/C24H27FN4O2S/c1-17-3-5-19(6-4-17)23-26-24(31-27-23)18(2)28-12-14-29(15-13-28)22(30)11-16-32-21-9-7-20(25)8-10-21/h3-10,18H,11-16H2,1-2H3. The lowest BCUT2D eigenvalue weighted by Crippen LogP contribution is -2.49. The lowest BCUT2D eigenvalue weighted by atomic mass is 10.1. The smallest absolute Gasteiger partial charge is 0.244 e. The van der Waals surface area contributed by atoms with Crippen LogP contribution in [-0.4, -0.2) is 57.8 Å². The lowest BCUT2D eigenvalue weighted by molar-refractivity contribution is -0.132. The summed E-state index contributed by atoms with van der Waals surface area (Å²) in [6, 6.07) is 14.4. The Kier molecular flexibility index (Phi) is 7.22.